The van der Waals surface area contributed by atoms with E-state index in [0.29, 0.717) is 25.9 Å². The number of amides is 2. The zero-order valence-electron chi connectivity index (χ0n) is 14.0. The molecule has 0 radical (unpaired) electrons. The lowest BCUT2D eigenvalue weighted by molar-refractivity contribution is -0.122. The Morgan fingerprint density at radius 1 is 0.792 bits per heavy atom. The summed E-state index contributed by atoms with van der Waals surface area (Å²) < 4.78 is 0. The van der Waals surface area contributed by atoms with Crippen LogP contribution in [0.1, 0.15) is 23.1 Å². The molecular formula is C20H24N2O2. The summed E-state index contributed by atoms with van der Waals surface area (Å²) in [5, 5.41) is 5.64. The van der Waals surface area contributed by atoms with Crippen molar-refractivity contribution in [1.29, 1.82) is 0 Å². The van der Waals surface area contributed by atoms with Crippen molar-refractivity contribution in [2.45, 2.75) is 26.2 Å². The van der Waals surface area contributed by atoms with E-state index in [2.05, 4.69) is 22.8 Å². The van der Waals surface area contributed by atoms with E-state index in [1.807, 2.05) is 49.4 Å². The van der Waals surface area contributed by atoms with Crippen molar-refractivity contribution < 1.29 is 9.59 Å². The summed E-state index contributed by atoms with van der Waals surface area (Å²) in [5.41, 5.74) is 3.36. The highest BCUT2D eigenvalue weighted by Crippen LogP contribution is 2.05. The van der Waals surface area contributed by atoms with Crippen molar-refractivity contribution in [3.63, 3.8) is 0 Å². The van der Waals surface area contributed by atoms with Gasteiger partial charge in [-0.15, -0.1) is 0 Å². The number of benzene rings is 2. The van der Waals surface area contributed by atoms with Gasteiger partial charge in [0, 0.05) is 19.5 Å². The number of hydrogen-bond donors (Lipinski definition) is 2. The van der Waals surface area contributed by atoms with Gasteiger partial charge in [-0.2, -0.15) is 0 Å². The van der Waals surface area contributed by atoms with Gasteiger partial charge >= 0.3 is 0 Å². The van der Waals surface area contributed by atoms with E-state index in [1.165, 1.54) is 5.56 Å². The van der Waals surface area contributed by atoms with E-state index in [-0.39, 0.29) is 11.8 Å². The summed E-state index contributed by atoms with van der Waals surface area (Å²) in [5.74, 6) is -0.0250. The zero-order valence-corrected chi connectivity index (χ0v) is 14.0. The number of carbonyl (C=O) groups is 2. The molecule has 0 bridgehead atoms. The Hall–Kier alpha value is -2.62. The van der Waals surface area contributed by atoms with Gasteiger partial charge in [0.25, 0.3) is 0 Å². The molecule has 2 rings (SSSR count). The Labute approximate surface area is 143 Å². The molecule has 2 aromatic rings. The summed E-state index contributed by atoms with van der Waals surface area (Å²) in [6, 6.07) is 17.8. The third kappa shape index (κ3) is 6.65. The predicted molar refractivity (Wildman–Crippen MR) is 95.7 cm³/mol. The third-order valence-corrected chi connectivity index (χ3v) is 3.74. The maximum atomic E-state index is 11.8. The fourth-order valence-electron chi connectivity index (χ4n) is 2.35. The minimum atomic E-state index is -0.0323. The Balaban J connectivity index is 1.57. The van der Waals surface area contributed by atoms with Crippen LogP contribution in [0.3, 0.4) is 0 Å². The van der Waals surface area contributed by atoms with Crippen LogP contribution in [0.15, 0.2) is 54.6 Å². The number of carbonyl (C=O) groups excluding carboxylic acids is 2. The van der Waals surface area contributed by atoms with E-state index in [0.717, 1.165) is 17.5 Å². The van der Waals surface area contributed by atoms with E-state index in [9.17, 15) is 9.59 Å². The molecule has 0 saturated carbocycles. The minimum Gasteiger partial charge on any atom is -0.354 e. The van der Waals surface area contributed by atoms with Gasteiger partial charge in [0.05, 0.1) is 6.42 Å². The molecule has 0 fully saturated rings. The second-order valence-corrected chi connectivity index (χ2v) is 5.85. The van der Waals surface area contributed by atoms with Crippen molar-refractivity contribution in [1.82, 2.24) is 10.6 Å². The molecule has 0 aliphatic rings. The van der Waals surface area contributed by atoms with E-state index < -0.39 is 0 Å². The normalized spacial score (nSPS) is 10.2. The minimum absolute atomic E-state index is 0.00730. The van der Waals surface area contributed by atoms with Crippen LogP contribution >= 0.6 is 0 Å². The Bertz CT molecular complexity index is 651. The summed E-state index contributed by atoms with van der Waals surface area (Å²) in [6.45, 7) is 2.94. The highest BCUT2D eigenvalue weighted by Gasteiger charge is 2.04. The molecule has 4 heteroatoms. The Kier molecular flexibility index (Phi) is 7.02. The molecule has 2 N–H and O–H groups in total. The maximum absolute atomic E-state index is 11.8. The highest BCUT2D eigenvalue weighted by molar-refractivity contribution is 5.79. The van der Waals surface area contributed by atoms with Crippen LogP contribution in [-0.2, 0) is 22.4 Å². The van der Waals surface area contributed by atoms with Crippen molar-refractivity contribution >= 4 is 11.8 Å². The van der Waals surface area contributed by atoms with Crippen molar-refractivity contribution in [3.8, 4) is 0 Å². The van der Waals surface area contributed by atoms with Crippen LogP contribution in [0.4, 0.5) is 0 Å². The molecule has 0 aliphatic carbocycles. The summed E-state index contributed by atoms with van der Waals surface area (Å²) in [4.78, 5) is 23.6. The lowest BCUT2D eigenvalue weighted by Gasteiger charge is -2.07. The Morgan fingerprint density at radius 3 is 2.08 bits per heavy atom. The number of rotatable bonds is 8. The van der Waals surface area contributed by atoms with Crippen LogP contribution < -0.4 is 10.6 Å². The van der Waals surface area contributed by atoms with Gasteiger partial charge < -0.3 is 10.6 Å². The molecule has 24 heavy (non-hydrogen) atoms. The molecule has 0 heterocycles. The van der Waals surface area contributed by atoms with E-state index in [4.69, 9.17) is 0 Å². The second kappa shape index (κ2) is 9.50. The van der Waals surface area contributed by atoms with Gasteiger partial charge in [-0.1, -0.05) is 60.2 Å². The Morgan fingerprint density at radius 2 is 1.42 bits per heavy atom. The summed E-state index contributed by atoms with van der Waals surface area (Å²) >= 11 is 0. The van der Waals surface area contributed by atoms with E-state index in [1.54, 1.807) is 0 Å². The van der Waals surface area contributed by atoms with Gasteiger partial charge in [-0.05, 0) is 24.5 Å². The molecule has 4 nitrogen and oxygen atoms in total. The van der Waals surface area contributed by atoms with Gasteiger partial charge in [0.1, 0.15) is 0 Å². The molecule has 2 amide bonds. The highest BCUT2D eigenvalue weighted by atomic mass is 16.2. The lowest BCUT2D eigenvalue weighted by Crippen LogP contribution is -2.35. The van der Waals surface area contributed by atoms with Crippen molar-refractivity contribution in [2.24, 2.45) is 0 Å². The van der Waals surface area contributed by atoms with Gasteiger partial charge in [0.15, 0.2) is 0 Å². The van der Waals surface area contributed by atoms with E-state index >= 15 is 0 Å². The average molecular weight is 324 g/mol. The number of aryl methyl sites for hydroxylation is 2. The van der Waals surface area contributed by atoms with Gasteiger partial charge in [-0.3, -0.25) is 9.59 Å². The summed E-state index contributed by atoms with van der Waals surface area (Å²) in [7, 11) is 0. The molecule has 126 valence electrons. The first kappa shape index (κ1) is 17.7. The number of nitrogens with one attached hydrogen (secondary N) is 2. The molecule has 0 aliphatic heterocycles. The van der Waals surface area contributed by atoms with Crippen LogP contribution in [0.5, 0.6) is 0 Å². The van der Waals surface area contributed by atoms with Crippen molar-refractivity contribution in [2.75, 3.05) is 13.1 Å². The fraction of sp³-hybridized carbons (Fsp3) is 0.300. The maximum Gasteiger partial charge on any atom is 0.224 e. The lowest BCUT2D eigenvalue weighted by atomic mass is 10.1. The monoisotopic (exact) mass is 324 g/mol. The number of hydrogen-bond acceptors (Lipinski definition) is 2. The largest absolute Gasteiger partial charge is 0.354 e. The molecule has 0 unspecified atom stereocenters. The van der Waals surface area contributed by atoms with Gasteiger partial charge in [-0.25, -0.2) is 0 Å². The van der Waals surface area contributed by atoms with Crippen LogP contribution in [0, 0.1) is 6.92 Å². The smallest absolute Gasteiger partial charge is 0.224 e. The summed E-state index contributed by atoms with van der Waals surface area (Å²) in [6.07, 6.45) is 1.55. The molecule has 0 atom stereocenters. The topological polar surface area (TPSA) is 58.2 Å². The standard InChI is InChI=1S/C20H24N2O2/c1-16-7-9-17(10-8-16)11-12-19(23)21-13-14-22-20(24)15-18-5-3-2-4-6-18/h2-10H,11-15H2,1H3,(H,21,23)(H,22,24). The predicted octanol–water partition coefficient (Wildman–Crippen LogP) is 2.40. The second-order valence-electron chi connectivity index (χ2n) is 5.85. The molecule has 0 spiro atoms. The van der Waals surface area contributed by atoms with Crippen LogP contribution in [0.2, 0.25) is 0 Å². The van der Waals surface area contributed by atoms with Crippen LogP contribution in [0.25, 0.3) is 0 Å². The molecular weight excluding hydrogens is 300 g/mol. The first-order chi connectivity index (χ1) is 11.6. The SMILES string of the molecule is Cc1ccc(CCC(=O)NCCNC(=O)Cc2ccccc2)cc1. The fourth-order valence-corrected chi connectivity index (χ4v) is 2.35. The molecule has 0 saturated heterocycles. The quantitative estimate of drug-likeness (QED) is 0.733. The molecule has 2 aromatic carbocycles. The van der Waals surface area contributed by atoms with Gasteiger partial charge in [0.2, 0.25) is 11.8 Å². The first-order valence-electron chi connectivity index (χ1n) is 8.26. The van der Waals surface area contributed by atoms with Crippen LogP contribution in [-0.4, -0.2) is 24.9 Å². The van der Waals surface area contributed by atoms with Crippen molar-refractivity contribution in [3.05, 3.63) is 71.3 Å². The first-order valence-corrected chi connectivity index (χ1v) is 8.26. The zero-order chi connectivity index (χ0) is 17.2. The third-order valence-electron chi connectivity index (χ3n) is 3.74. The average Bonchev–Trinajstić information content (AvgIpc) is 2.59. The molecule has 0 aromatic heterocycles.